The molecule has 41 heavy (non-hydrogen) atoms. The van der Waals surface area contributed by atoms with Crippen LogP contribution < -0.4 is 18.9 Å². The first-order chi connectivity index (χ1) is 20.0. The Balaban J connectivity index is 1.37. The highest BCUT2D eigenvalue weighted by molar-refractivity contribution is 5.86. The lowest BCUT2D eigenvalue weighted by atomic mass is 9.52. The van der Waals surface area contributed by atoms with E-state index in [-0.39, 0.29) is 0 Å². The maximum atomic E-state index is 14.0. The van der Waals surface area contributed by atoms with Crippen LogP contribution in [0.5, 0.6) is 23.0 Å². The Labute approximate surface area is 238 Å². The summed E-state index contributed by atoms with van der Waals surface area (Å²) in [6.07, 6.45) is 0. The molecule has 4 aromatic carbocycles. The normalized spacial score (nSPS) is 20.9. The molecule has 7 heteroatoms. The van der Waals surface area contributed by atoms with Crippen LogP contribution in [0, 0.1) is 18.8 Å². The molecule has 0 amide bonds. The summed E-state index contributed by atoms with van der Waals surface area (Å²) in [4.78, 5) is 26.7. The molecule has 1 fully saturated rings. The quantitative estimate of drug-likeness (QED) is 0.215. The monoisotopic (exact) mass is 550 g/mol. The van der Waals surface area contributed by atoms with Gasteiger partial charge in [0.1, 0.15) is 24.7 Å². The van der Waals surface area contributed by atoms with Crippen molar-refractivity contribution in [3.63, 3.8) is 0 Å². The standard InChI is InChI=1S/C34H30O7/c1-20-9-3-4-12-23(20)28-30(33(35)36)29(25-13-5-6-15-26(25)38-2)31(28)34(37)41-22-11-7-10-21(19-22)24-14-8-16-27-32(24)40-18-17-39-27/h3-16,19,28-31H,17-18H2,1-2H3,(H,35,36)/t28?,29-,30+,31+/m1/s1. The van der Waals surface area contributed by atoms with Crippen LogP contribution in [0.1, 0.15) is 28.5 Å². The second kappa shape index (κ2) is 11.0. The number of carbonyl (C=O) groups is 2. The Hall–Kier alpha value is -4.78. The lowest BCUT2D eigenvalue weighted by molar-refractivity contribution is -0.158. The first-order valence-electron chi connectivity index (χ1n) is 13.6. The molecule has 7 nitrogen and oxygen atoms in total. The molecule has 2 aliphatic rings. The van der Waals surface area contributed by atoms with Gasteiger partial charge in [0.25, 0.3) is 0 Å². The number of para-hydroxylation sites is 2. The molecule has 1 unspecified atom stereocenters. The largest absolute Gasteiger partial charge is 0.496 e. The number of carbonyl (C=O) groups excluding carboxylic acids is 1. The molecular formula is C34H30O7. The topological polar surface area (TPSA) is 91.3 Å². The molecule has 1 aliphatic carbocycles. The predicted molar refractivity (Wildman–Crippen MR) is 153 cm³/mol. The number of fused-ring (bicyclic) bond motifs is 1. The van der Waals surface area contributed by atoms with Gasteiger partial charge in [-0.25, -0.2) is 0 Å². The van der Waals surface area contributed by atoms with E-state index in [1.807, 2.05) is 79.7 Å². The Morgan fingerprint density at radius 2 is 1.51 bits per heavy atom. The number of hydrogen-bond acceptors (Lipinski definition) is 6. The molecule has 0 aromatic heterocycles. The van der Waals surface area contributed by atoms with Crippen LogP contribution in [0.15, 0.2) is 91.0 Å². The molecule has 0 bridgehead atoms. The second-order valence-electron chi connectivity index (χ2n) is 10.3. The fourth-order valence-electron chi connectivity index (χ4n) is 6.24. The van der Waals surface area contributed by atoms with E-state index in [4.69, 9.17) is 18.9 Å². The molecule has 0 spiro atoms. The first kappa shape index (κ1) is 26.4. The van der Waals surface area contributed by atoms with E-state index in [2.05, 4.69) is 0 Å². The number of methoxy groups -OCH3 is 1. The van der Waals surface area contributed by atoms with Gasteiger partial charge in [-0.3, -0.25) is 9.59 Å². The number of carboxylic acid groups (broad SMARTS) is 1. The maximum Gasteiger partial charge on any atom is 0.315 e. The van der Waals surface area contributed by atoms with Gasteiger partial charge in [0, 0.05) is 17.4 Å². The van der Waals surface area contributed by atoms with Crippen molar-refractivity contribution in [3.8, 4) is 34.1 Å². The number of esters is 1. The zero-order valence-electron chi connectivity index (χ0n) is 22.8. The van der Waals surface area contributed by atoms with Gasteiger partial charge >= 0.3 is 11.9 Å². The maximum absolute atomic E-state index is 14.0. The average molecular weight is 551 g/mol. The van der Waals surface area contributed by atoms with Gasteiger partial charge in [-0.05, 0) is 53.4 Å². The molecule has 6 rings (SSSR count). The number of hydrogen-bond donors (Lipinski definition) is 1. The van der Waals surface area contributed by atoms with Crippen LogP contribution in [-0.2, 0) is 9.59 Å². The second-order valence-corrected chi connectivity index (χ2v) is 10.3. The van der Waals surface area contributed by atoms with Crippen molar-refractivity contribution in [2.75, 3.05) is 20.3 Å². The van der Waals surface area contributed by atoms with E-state index in [1.165, 1.54) is 0 Å². The highest BCUT2D eigenvalue weighted by Gasteiger charge is 2.60. The molecule has 4 aromatic rings. The van der Waals surface area contributed by atoms with E-state index in [0.717, 1.165) is 22.3 Å². The minimum absolute atomic E-state index is 0.364. The number of aliphatic carboxylic acids is 1. The van der Waals surface area contributed by atoms with Crippen LogP contribution in [0.3, 0.4) is 0 Å². The fourth-order valence-corrected chi connectivity index (χ4v) is 6.24. The smallest absolute Gasteiger partial charge is 0.315 e. The summed E-state index contributed by atoms with van der Waals surface area (Å²) in [5.41, 5.74) is 4.08. The van der Waals surface area contributed by atoms with Gasteiger partial charge < -0.3 is 24.1 Å². The summed E-state index contributed by atoms with van der Waals surface area (Å²) in [7, 11) is 1.54. The van der Waals surface area contributed by atoms with Crippen molar-refractivity contribution in [2.45, 2.75) is 18.8 Å². The van der Waals surface area contributed by atoms with Gasteiger partial charge in [-0.15, -0.1) is 0 Å². The predicted octanol–water partition coefficient (Wildman–Crippen LogP) is 6.25. The van der Waals surface area contributed by atoms with Crippen molar-refractivity contribution in [2.24, 2.45) is 11.8 Å². The lowest BCUT2D eigenvalue weighted by Gasteiger charge is -2.49. The zero-order chi connectivity index (χ0) is 28.5. The van der Waals surface area contributed by atoms with E-state index in [1.54, 1.807) is 25.3 Å². The summed E-state index contributed by atoms with van der Waals surface area (Å²) in [6.45, 7) is 2.88. The highest BCUT2D eigenvalue weighted by atomic mass is 16.6. The van der Waals surface area contributed by atoms with Gasteiger partial charge in [-0.1, -0.05) is 66.7 Å². The van der Waals surface area contributed by atoms with Crippen molar-refractivity contribution >= 4 is 11.9 Å². The summed E-state index contributed by atoms with van der Waals surface area (Å²) in [6, 6.07) is 27.8. The molecule has 0 radical (unpaired) electrons. The Morgan fingerprint density at radius 3 is 2.29 bits per heavy atom. The first-order valence-corrected chi connectivity index (χ1v) is 13.6. The Bertz CT molecular complexity index is 1610. The van der Waals surface area contributed by atoms with E-state index >= 15 is 0 Å². The summed E-state index contributed by atoms with van der Waals surface area (Å²) in [5, 5.41) is 10.4. The number of benzene rings is 4. The summed E-state index contributed by atoms with van der Waals surface area (Å²) in [5.74, 6) is -1.97. The van der Waals surface area contributed by atoms with Crippen molar-refractivity contribution < 1.29 is 33.6 Å². The van der Waals surface area contributed by atoms with Crippen LogP contribution in [-0.4, -0.2) is 37.4 Å². The SMILES string of the molecule is COc1ccccc1[C@@H]1[C@@H](C(=O)O)C(c2ccccc2C)[C@@H]1C(=O)Oc1cccc(-c2cccc3c2OCCO3)c1. The van der Waals surface area contributed by atoms with Crippen molar-refractivity contribution in [1.29, 1.82) is 0 Å². The Kier molecular flexibility index (Phi) is 7.10. The van der Waals surface area contributed by atoms with E-state index in [9.17, 15) is 14.7 Å². The zero-order valence-corrected chi connectivity index (χ0v) is 22.8. The van der Waals surface area contributed by atoms with Crippen LogP contribution >= 0.6 is 0 Å². The third-order valence-electron chi connectivity index (χ3n) is 8.08. The number of aryl methyl sites for hydroxylation is 1. The fraction of sp³-hybridized carbons (Fsp3) is 0.235. The number of ether oxygens (including phenoxy) is 4. The number of rotatable bonds is 7. The minimum atomic E-state index is -0.962. The summed E-state index contributed by atoms with van der Waals surface area (Å²) < 4.78 is 23.2. The van der Waals surface area contributed by atoms with Crippen LogP contribution in [0.2, 0.25) is 0 Å². The molecule has 1 heterocycles. The van der Waals surface area contributed by atoms with Gasteiger partial charge in [0.2, 0.25) is 0 Å². The highest BCUT2D eigenvalue weighted by Crippen LogP contribution is 2.60. The number of carboxylic acids is 1. The lowest BCUT2D eigenvalue weighted by Crippen LogP contribution is -2.52. The van der Waals surface area contributed by atoms with Gasteiger partial charge in [-0.2, -0.15) is 0 Å². The summed E-state index contributed by atoms with van der Waals surface area (Å²) >= 11 is 0. The third kappa shape index (κ3) is 4.78. The minimum Gasteiger partial charge on any atom is -0.496 e. The molecular weight excluding hydrogens is 520 g/mol. The molecule has 1 aliphatic heterocycles. The van der Waals surface area contributed by atoms with Gasteiger partial charge in [0.05, 0.1) is 18.9 Å². The molecule has 0 saturated heterocycles. The average Bonchev–Trinajstić information content (AvgIpc) is 2.97. The van der Waals surface area contributed by atoms with Gasteiger partial charge in [0.15, 0.2) is 11.5 Å². The molecule has 1 N–H and O–H groups in total. The molecule has 208 valence electrons. The molecule has 1 saturated carbocycles. The molecule has 4 atom stereocenters. The van der Waals surface area contributed by atoms with Crippen LogP contribution in [0.25, 0.3) is 11.1 Å². The van der Waals surface area contributed by atoms with Crippen LogP contribution in [0.4, 0.5) is 0 Å². The van der Waals surface area contributed by atoms with E-state index in [0.29, 0.717) is 41.8 Å². The Morgan fingerprint density at radius 1 is 0.805 bits per heavy atom. The van der Waals surface area contributed by atoms with Crippen molar-refractivity contribution in [3.05, 3.63) is 108 Å². The van der Waals surface area contributed by atoms with E-state index < -0.39 is 35.6 Å². The van der Waals surface area contributed by atoms with Crippen molar-refractivity contribution in [1.82, 2.24) is 0 Å². The third-order valence-corrected chi connectivity index (χ3v) is 8.08.